The van der Waals surface area contributed by atoms with Crippen LogP contribution in [0.1, 0.15) is 17.9 Å². The number of ether oxygens (including phenoxy) is 1. The van der Waals surface area contributed by atoms with Gasteiger partial charge in [0.05, 0.1) is 5.92 Å². The number of thioether (sulfide) groups is 1. The molecule has 0 aliphatic heterocycles. The van der Waals surface area contributed by atoms with Crippen LogP contribution in [0, 0.1) is 0 Å². The third-order valence-corrected chi connectivity index (χ3v) is 3.57. The molecule has 1 N–H and O–H groups in total. The largest absolute Gasteiger partial charge is 0.481 e. The minimum Gasteiger partial charge on any atom is -0.481 e. The molecule has 0 aliphatic rings. The van der Waals surface area contributed by atoms with Gasteiger partial charge in [0.25, 0.3) is 0 Å². The Morgan fingerprint density at radius 1 is 1.41 bits per heavy atom. The van der Waals surface area contributed by atoms with Crippen LogP contribution in [0.15, 0.2) is 30.3 Å². The molecule has 17 heavy (non-hydrogen) atoms. The molecule has 0 amide bonds. The topological polar surface area (TPSA) is 46.5 Å². The van der Waals surface area contributed by atoms with Gasteiger partial charge < -0.3 is 9.84 Å². The van der Waals surface area contributed by atoms with Gasteiger partial charge in [0.15, 0.2) is 0 Å². The van der Waals surface area contributed by atoms with Crippen LogP contribution < -0.4 is 0 Å². The van der Waals surface area contributed by atoms with Gasteiger partial charge in [-0.05, 0) is 17.7 Å². The molecule has 0 bridgehead atoms. The van der Waals surface area contributed by atoms with E-state index in [0.29, 0.717) is 5.75 Å². The molecule has 0 saturated heterocycles. The molecular formula is C13H18O3S. The Morgan fingerprint density at radius 3 is 2.71 bits per heavy atom. The number of carboxylic acid groups (broad SMARTS) is 1. The number of aliphatic carboxylic acids is 1. The summed E-state index contributed by atoms with van der Waals surface area (Å²) in [7, 11) is 1.68. The number of methoxy groups -OCH3 is 1. The first-order chi connectivity index (χ1) is 8.25. The summed E-state index contributed by atoms with van der Waals surface area (Å²) < 4.78 is 4.95. The van der Waals surface area contributed by atoms with Crippen LogP contribution in [0.3, 0.4) is 0 Å². The molecule has 0 radical (unpaired) electrons. The zero-order valence-corrected chi connectivity index (χ0v) is 10.8. The summed E-state index contributed by atoms with van der Waals surface area (Å²) in [5.74, 6) is 0.382. The fourth-order valence-electron chi connectivity index (χ4n) is 1.50. The quantitative estimate of drug-likeness (QED) is 0.724. The third-order valence-electron chi connectivity index (χ3n) is 2.42. The number of benzene rings is 1. The fourth-order valence-corrected chi connectivity index (χ4v) is 2.56. The molecule has 1 atom stereocenters. The highest BCUT2D eigenvalue weighted by molar-refractivity contribution is 7.99. The highest BCUT2D eigenvalue weighted by Gasteiger charge is 2.18. The average molecular weight is 254 g/mol. The monoisotopic (exact) mass is 254 g/mol. The molecule has 1 rings (SSSR count). The van der Waals surface area contributed by atoms with E-state index in [0.717, 1.165) is 24.3 Å². The first-order valence-electron chi connectivity index (χ1n) is 5.60. The molecule has 1 aromatic carbocycles. The van der Waals surface area contributed by atoms with E-state index in [9.17, 15) is 9.90 Å². The first-order valence-corrected chi connectivity index (χ1v) is 6.75. The number of carbonyl (C=O) groups is 1. The van der Waals surface area contributed by atoms with Crippen molar-refractivity contribution in [3.05, 3.63) is 35.9 Å². The minimum absolute atomic E-state index is 0.413. The van der Waals surface area contributed by atoms with Crippen LogP contribution >= 0.6 is 11.8 Å². The van der Waals surface area contributed by atoms with Gasteiger partial charge in [0, 0.05) is 19.5 Å². The minimum atomic E-state index is -0.754. The van der Waals surface area contributed by atoms with E-state index in [1.807, 2.05) is 30.3 Å². The molecule has 4 heteroatoms. The summed E-state index contributed by atoms with van der Waals surface area (Å²) in [6, 6.07) is 9.39. The van der Waals surface area contributed by atoms with Crippen LogP contribution in [0.4, 0.5) is 0 Å². The maximum absolute atomic E-state index is 11.2. The van der Waals surface area contributed by atoms with E-state index in [-0.39, 0.29) is 0 Å². The van der Waals surface area contributed by atoms with E-state index in [4.69, 9.17) is 4.74 Å². The number of rotatable bonds is 8. The zero-order valence-electron chi connectivity index (χ0n) is 9.96. The van der Waals surface area contributed by atoms with E-state index in [2.05, 4.69) is 0 Å². The van der Waals surface area contributed by atoms with Gasteiger partial charge in [-0.1, -0.05) is 30.3 Å². The summed E-state index contributed by atoms with van der Waals surface area (Å²) in [4.78, 5) is 11.2. The second kappa shape index (κ2) is 8.14. The predicted molar refractivity (Wildman–Crippen MR) is 70.6 cm³/mol. The highest BCUT2D eigenvalue weighted by Crippen LogP contribution is 2.21. The van der Waals surface area contributed by atoms with Crippen LogP contribution in [0.2, 0.25) is 0 Å². The molecule has 0 heterocycles. The van der Waals surface area contributed by atoms with Crippen molar-refractivity contribution in [1.82, 2.24) is 0 Å². The van der Waals surface area contributed by atoms with Crippen LogP contribution in [0.5, 0.6) is 0 Å². The Labute approximate surface area is 106 Å². The molecule has 0 saturated carbocycles. The van der Waals surface area contributed by atoms with Crippen molar-refractivity contribution in [2.45, 2.75) is 12.3 Å². The number of hydrogen-bond donors (Lipinski definition) is 1. The van der Waals surface area contributed by atoms with Gasteiger partial charge in [-0.2, -0.15) is 11.8 Å². The molecule has 0 aliphatic carbocycles. The van der Waals surface area contributed by atoms with Crippen molar-refractivity contribution in [2.75, 3.05) is 25.2 Å². The SMILES string of the molecule is COCCCSCC(C(=O)O)c1ccccc1. The van der Waals surface area contributed by atoms with Crippen molar-refractivity contribution >= 4 is 17.7 Å². The lowest BCUT2D eigenvalue weighted by Crippen LogP contribution is -2.14. The van der Waals surface area contributed by atoms with E-state index in [1.165, 1.54) is 0 Å². The maximum atomic E-state index is 11.2. The Kier molecular flexibility index (Phi) is 6.74. The Balaban J connectivity index is 2.42. The fraction of sp³-hybridized carbons (Fsp3) is 0.462. The van der Waals surface area contributed by atoms with Crippen LogP contribution in [-0.2, 0) is 9.53 Å². The van der Waals surface area contributed by atoms with Crippen LogP contribution in [-0.4, -0.2) is 36.3 Å². The Hall–Kier alpha value is -1.00. The molecule has 94 valence electrons. The summed E-state index contributed by atoms with van der Waals surface area (Å²) >= 11 is 1.66. The second-order valence-electron chi connectivity index (χ2n) is 3.72. The lowest BCUT2D eigenvalue weighted by atomic mass is 10.0. The summed E-state index contributed by atoms with van der Waals surface area (Å²) in [6.45, 7) is 0.732. The second-order valence-corrected chi connectivity index (χ2v) is 4.87. The molecule has 1 unspecified atom stereocenters. The molecular weight excluding hydrogens is 236 g/mol. The molecule has 1 aromatic rings. The van der Waals surface area contributed by atoms with Gasteiger partial charge in [0.1, 0.15) is 0 Å². The Morgan fingerprint density at radius 2 is 2.12 bits per heavy atom. The van der Waals surface area contributed by atoms with Crippen molar-refractivity contribution in [1.29, 1.82) is 0 Å². The van der Waals surface area contributed by atoms with Gasteiger partial charge in [-0.15, -0.1) is 0 Å². The highest BCUT2D eigenvalue weighted by atomic mass is 32.2. The number of hydrogen-bond acceptors (Lipinski definition) is 3. The smallest absolute Gasteiger partial charge is 0.311 e. The van der Waals surface area contributed by atoms with Gasteiger partial charge in [-0.3, -0.25) is 4.79 Å². The average Bonchev–Trinajstić information content (AvgIpc) is 2.34. The van der Waals surface area contributed by atoms with Gasteiger partial charge >= 0.3 is 5.97 Å². The van der Waals surface area contributed by atoms with Crippen molar-refractivity contribution in [3.8, 4) is 0 Å². The summed E-state index contributed by atoms with van der Waals surface area (Å²) in [6.07, 6.45) is 0.961. The zero-order chi connectivity index (χ0) is 12.5. The lowest BCUT2D eigenvalue weighted by Gasteiger charge is -2.12. The molecule has 3 nitrogen and oxygen atoms in total. The summed E-state index contributed by atoms with van der Waals surface area (Å²) in [5.41, 5.74) is 0.874. The van der Waals surface area contributed by atoms with Crippen molar-refractivity contribution in [3.63, 3.8) is 0 Å². The van der Waals surface area contributed by atoms with E-state index < -0.39 is 11.9 Å². The maximum Gasteiger partial charge on any atom is 0.311 e. The standard InChI is InChI=1S/C13H18O3S/c1-16-8-5-9-17-10-12(13(14)15)11-6-3-2-4-7-11/h2-4,6-7,12H,5,8-10H2,1H3,(H,14,15). The lowest BCUT2D eigenvalue weighted by molar-refractivity contribution is -0.138. The van der Waals surface area contributed by atoms with Crippen molar-refractivity contribution < 1.29 is 14.6 Å². The van der Waals surface area contributed by atoms with Crippen LogP contribution in [0.25, 0.3) is 0 Å². The molecule has 0 fully saturated rings. The molecule has 0 spiro atoms. The Bertz CT molecular complexity index is 327. The molecule has 0 aromatic heterocycles. The van der Waals surface area contributed by atoms with E-state index >= 15 is 0 Å². The third kappa shape index (κ3) is 5.24. The van der Waals surface area contributed by atoms with E-state index in [1.54, 1.807) is 18.9 Å². The van der Waals surface area contributed by atoms with Crippen molar-refractivity contribution in [2.24, 2.45) is 0 Å². The predicted octanol–water partition coefficient (Wildman–Crippen LogP) is 2.62. The van der Waals surface area contributed by atoms with Gasteiger partial charge in [0.2, 0.25) is 0 Å². The summed E-state index contributed by atoms with van der Waals surface area (Å²) in [5, 5.41) is 9.19. The number of carboxylic acids is 1. The normalized spacial score (nSPS) is 12.3. The van der Waals surface area contributed by atoms with Gasteiger partial charge in [-0.25, -0.2) is 0 Å². The first kappa shape index (κ1) is 14.1.